The zero-order valence-corrected chi connectivity index (χ0v) is 11.2. The Balaban J connectivity index is 2.29. The fourth-order valence-electron chi connectivity index (χ4n) is 1.50. The lowest BCUT2D eigenvalue weighted by atomic mass is 10.1. The van der Waals surface area contributed by atoms with Crippen LogP contribution in [-0.4, -0.2) is 5.78 Å². The molecule has 0 N–H and O–H groups in total. The van der Waals surface area contributed by atoms with Crippen molar-refractivity contribution >= 4 is 21.7 Å². The quantitative estimate of drug-likeness (QED) is 0.776. The number of carbonyl (C=O) groups excluding carboxylic acids is 1. The van der Waals surface area contributed by atoms with Crippen LogP contribution < -0.4 is 4.74 Å². The lowest BCUT2D eigenvalue weighted by molar-refractivity contribution is 0.101. The second-order valence-electron chi connectivity index (χ2n) is 3.73. The first-order valence-electron chi connectivity index (χ1n) is 5.31. The average Bonchev–Trinajstić information content (AvgIpc) is 2.32. The lowest BCUT2D eigenvalue weighted by Crippen LogP contribution is -1.94. The highest BCUT2D eigenvalue weighted by atomic mass is 79.9. The van der Waals surface area contributed by atoms with E-state index in [0.29, 0.717) is 15.8 Å². The first-order chi connectivity index (χ1) is 8.58. The summed E-state index contributed by atoms with van der Waals surface area (Å²) in [5, 5.41) is 0. The molecule has 0 heterocycles. The number of hydrogen-bond donors (Lipinski definition) is 0. The summed E-state index contributed by atoms with van der Waals surface area (Å²) in [7, 11) is 0. The van der Waals surface area contributed by atoms with Crippen LogP contribution in [0.1, 0.15) is 17.3 Å². The van der Waals surface area contributed by atoms with Gasteiger partial charge in [-0.25, -0.2) is 4.39 Å². The maximum Gasteiger partial charge on any atom is 0.165 e. The van der Waals surface area contributed by atoms with E-state index in [9.17, 15) is 9.18 Å². The van der Waals surface area contributed by atoms with Crippen LogP contribution in [0.3, 0.4) is 0 Å². The van der Waals surface area contributed by atoms with E-state index in [1.54, 1.807) is 36.4 Å². The van der Waals surface area contributed by atoms with E-state index in [4.69, 9.17) is 4.74 Å². The van der Waals surface area contributed by atoms with Crippen molar-refractivity contribution in [2.45, 2.75) is 6.92 Å². The van der Waals surface area contributed by atoms with E-state index in [1.165, 1.54) is 13.0 Å². The van der Waals surface area contributed by atoms with Gasteiger partial charge >= 0.3 is 0 Å². The van der Waals surface area contributed by atoms with Crippen LogP contribution >= 0.6 is 15.9 Å². The van der Waals surface area contributed by atoms with Crippen LogP contribution in [0.2, 0.25) is 0 Å². The molecule has 92 valence electrons. The van der Waals surface area contributed by atoms with Crippen molar-refractivity contribution < 1.29 is 13.9 Å². The summed E-state index contributed by atoms with van der Waals surface area (Å²) in [5.41, 5.74) is 0.566. The maximum atomic E-state index is 13.4. The smallest absolute Gasteiger partial charge is 0.165 e. The molecule has 0 aliphatic heterocycles. The Morgan fingerprint density at radius 2 is 1.94 bits per heavy atom. The van der Waals surface area contributed by atoms with Gasteiger partial charge in [0, 0.05) is 10.0 Å². The van der Waals surface area contributed by atoms with Gasteiger partial charge < -0.3 is 4.74 Å². The van der Waals surface area contributed by atoms with Gasteiger partial charge in [0.15, 0.2) is 17.3 Å². The molecule has 0 saturated carbocycles. The minimum atomic E-state index is -0.427. The standard InChI is InChI=1S/C14H10BrFO2/c1-9(17)11-7-6-10(8-12(11)15)18-14-5-3-2-4-13(14)16/h2-8H,1H3. The minimum Gasteiger partial charge on any atom is -0.454 e. The van der Waals surface area contributed by atoms with Gasteiger partial charge in [0.1, 0.15) is 5.75 Å². The van der Waals surface area contributed by atoms with Gasteiger partial charge in [-0.1, -0.05) is 12.1 Å². The van der Waals surface area contributed by atoms with Crippen molar-refractivity contribution in [1.82, 2.24) is 0 Å². The van der Waals surface area contributed by atoms with E-state index in [1.807, 2.05) is 0 Å². The fraction of sp³-hybridized carbons (Fsp3) is 0.0714. The molecule has 0 radical (unpaired) electrons. The number of ketones is 1. The summed E-state index contributed by atoms with van der Waals surface area (Å²) >= 11 is 3.29. The Labute approximate surface area is 113 Å². The van der Waals surface area contributed by atoms with Gasteiger partial charge in [0.25, 0.3) is 0 Å². The zero-order valence-electron chi connectivity index (χ0n) is 9.61. The van der Waals surface area contributed by atoms with Crippen molar-refractivity contribution in [1.29, 1.82) is 0 Å². The largest absolute Gasteiger partial charge is 0.454 e. The molecule has 2 aromatic carbocycles. The SMILES string of the molecule is CC(=O)c1ccc(Oc2ccccc2F)cc1Br. The van der Waals surface area contributed by atoms with Crippen LogP contribution in [0.4, 0.5) is 4.39 Å². The van der Waals surface area contributed by atoms with Crippen molar-refractivity contribution in [3.05, 3.63) is 58.3 Å². The van der Waals surface area contributed by atoms with Crippen LogP contribution in [0, 0.1) is 5.82 Å². The molecule has 0 atom stereocenters. The molecule has 2 aromatic rings. The number of halogens is 2. The van der Waals surface area contributed by atoms with Crippen LogP contribution in [-0.2, 0) is 0 Å². The summed E-state index contributed by atoms with van der Waals surface area (Å²) in [4.78, 5) is 11.3. The molecule has 0 bridgehead atoms. The Bertz CT molecular complexity index is 596. The second-order valence-corrected chi connectivity index (χ2v) is 4.58. The van der Waals surface area contributed by atoms with Gasteiger partial charge in [-0.05, 0) is 53.2 Å². The number of Topliss-reactive ketones (excluding diaryl/α,β-unsaturated/α-hetero) is 1. The molecule has 18 heavy (non-hydrogen) atoms. The van der Waals surface area contributed by atoms with Crippen LogP contribution in [0.5, 0.6) is 11.5 Å². The third kappa shape index (κ3) is 2.76. The summed E-state index contributed by atoms with van der Waals surface area (Å²) in [6, 6.07) is 11.1. The van der Waals surface area contributed by atoms with Crippen LogP contribution in [0.15, 0.2) is 46.9 Å². The molecule has 2 rings (SSSR count). The Hall–Kier alpha value is -1.68. The molecule has 0 aromatic heterocycles. The number of hydrogen-bond acceptors (Lipinski definition) is 2. The molecular weight excluding hydrogens is 299 g/mol. The first kappa shape index (κ1) is 12.8. The van der Waals surface area contributed by atoms with Gasteiger partial charge in [0.2, 0.25) is 0 Å². The third-order valence-corrected chi connectivity index (χ3v) is 3.04. The molecule has 0 aliphatic rings. The second kappa shape index (κ2) is 5.31. The molecule has 0 spiro atoms. The summed E-state index contributed by atoms with van der Waals surface area (Å²) in [6.07, 6.45) is 0. The molecule has 4 heteroatoms. The number of carbonyl (C=O) groups is 1. The van der Waals surface area contributed by atoms with Crippen molar-refractivity contribution in [2.24, 2.45) is 0 Å². The zero-order chi connectivity index (χ0) is 13.1. The highest BCUT2D eigenvalue weighted by molar-refractivity contribution is 9.10. The molecule has 2 nitrogen and oxygen atoms in total. The summed E-state index contributed by atoms with van der Waals surface area (Å²) in [5.74, 6) is 0.153. The highest BCUT2D eigenvalue weighted by Gasteiger charge is 2.08. The molecule has 0 saturated heterocycles. The average molecular weight is 309 g/mol. The minimum absolute atomic E-state index is 0.0423. The lowest BCUT2D eigenvalue weighted by Gasteiger charge is -2.08. The summed E-state index contributed by atoms with van der Waals surface area (Å²) in [6.45, 7) is 1.48. The Morgan fingerprint density at radius 1 is 1.22 bits per heavy atom. The first-order valence-corrected chi connectivity index (χ1v) is 6.10. The van der Waals surface area contributed by atoms with E-state index < -0.39 is 5.82 Å². The van der Waals surface area contributed by atoms with Gasteiger partial charge in [0.05, 0.1) is 0 Å². The summed E-state index contributed by atoms with van der Waals surface area (Å²) < 4.78 is 19.4. The van der Waals surface area contributed by atoms with E-state index in [-0.39, 0.29) is 11.5 Å². The van der Waals surface area contributed by atoms with E-state index in [2.05, 4.69) is 15.9 Å². The van der Waals surface area contributed by atoms with E-state index in [0.717, 1.165) is 0 Å². The maximum absolute atomic E-state index is 13.4. The topological polar surface area (TPSA) is 26.3 Å². The Morgan fingerprint density at radius 3 is 2.56 bits per heavy atom. The molecule has 0 fully saturated rings. The van der Waals surface area contributed by atoms with Gasteiger partial charge in [-0.3, -0.25) is 4.79 Å². The normalized spacial score (nSPS) is 10.2. The molecular formula is C14H10BrFO2. The van der Waals surface area contributed by atoms with Gasteiger partial charge in [-0.2, -0.15) is 0 Å². The Kier molecular flexibility index (Phi) is 3.77. The van der Waals surface area contributed by atoms with E-state index >= 15 is 0 Å². The predicted octanol–water partition coefficient (Wildman–Crippen LogP) is 4.58. The highest BCUT2D eigenvalue weighted by Crippen LogP contribution is 2.28. The molecule has 0 aliphatic carbocycles. The number of rotatable bonds is 3. The fourth-order valence-corrected chi connectivity index (χ4v) is 2.14. The van der Waals surface area contributed by atoms with Crippen molar-refractivity contribution in [2.75, 3.05) is 0 Å². The van der Waals surface area contributed by atoms with Crippen molar-refractivity contribution in [3.63, 3.8) is 0 Å². The third-order valence-electron chi connectivity index (χ3n) is 2.38. The van der Waals surface area contributed by atoms with Crippen molar-refractivity contribution in [3.8, 4) is 11.5 Å². The number of benzene rings is 2. The van der Waals surface area contributed by atoms with Gasteiger partial charge in [-0.15, -0.1) is 0 Å². The number of ether oxygens (including phenoxy) is 1. The molecule has 0 unspecified atom stereocenters. The molecule has 0 amide bonds. The monoisotopic (exact) mass is 308 g/mol. The predicted molar refractivity (Wildman–Crippen MR) is 70.6 cm³/mol. The number of para-hydroxylation sites is 1. The van der Waals surface area contributed by atoms with Crippen LogP contribution in [0.25, 0.3) is 0 Å².